The first-order valence-corrected chi connectivity index (χ1v) is 11.0. The lowest BCUT2D eigenvalue weighted by atomic mass is 9.94. The molecule has 0 spiro atoms. The number of carbonyl (C=O) groups is 2. The number of benzene rings is 2. The molecule has 176 valence electrons. The van der Waals surface area contributed by atoms with Gasteiger partial charge in [-0.05, 0) is 60.7 Å². The number of nitrogens with zero attached hydrogens (tertiary/aromatic N) is 1. The molecule has 1 aliphatic heterocycles. The van der Waals surface area contributed by atoms with E-state index in [1.807, 2.05) is 6.92 Å². The molecule has 0 saturated carbocycles. The Morgan fingerprint density at radius 2 is 1.85 bits per heavy atom. The number of aliphatic hydroxyl groups excluding tert-OH is 1. The summed E-state index contributed by atoms with van der Waals surface area (Å²) >= 11 is 0. The number of halogens is 1. The minimum atomic E-state index is -0.820. The highest BCUT2D eigenvalue weighted by Crippen LogP contribution is 2.40. The largest absolute Gasteiger partial charge is 0.507 e. The first kappa shape index (κ1) is 24.5. The van der Waals surface area contributed by atoms with Crippen molar-refractivity contribution in [1.82, 2.24) is 4.90 Å². The van der Waals surface area contributed by atoms with E-state index in [2.05, 4.69) is 13.8 Å². The molecule has 0 aromatic heterocycles. The SMILES string of the molecule is COCCCN1C(=O)C(=O)/C(=C(/O)c2ccc(OCC(C)C)c(C)c2)C1c1ccc(F)cc1. The Hall–Kier alpha value is -3.19. The van der Waals surface area contributed by atoms with E-state index >= 15 is 0 Å². The van der Waals surface area contributed by atoms with Gasteiger partial charge in [-0.3, -0.25) is 9.59 Å². The topological polar surface area (TPSA) is 76.1 Å². The third-order valence-electron chi connectivity index (χ3n) is 5.49. The van der Waals surface area contributed by atoms with Gasteiger partial charge in [0.15, 0.2) is 0 Å². The van der Waals surface area contributed by atoms with Crippen LogP contribution >= 0.6 is 0 Å². The second-order valence-corrected chi connectivity index (χ2v) is 8.58. The van der Waals surface area contributed by atoms with E-state index in [1.54, 1.807) is 25.3 Å². The molecule has 1 N–H and O–H groups in total. The molecule has 0 bridgehead atoms. The summed E-state index contributed by atoms with van der Waals surface area (Å²) in [5.41, 5.74) is 1.74. The zero-order chi connectivity index (χ0) is 24.1. The van der Waals surface area contributed by atoms with Gasteiger partial charge < -0.3 is 19.5 Å². The molecule has 1 aliphatic rings. The van der Waals surface area contributed by atoms with E-state index in [9.17, 15) is 19.1 Å². The van der Waals surface area contributed by atoms with Crippen molar-refractivity contribution >= 4 is 17.4 Å². The maximum atomic E-state index is 13.6. The predicted molar refractivity (Wildman–Crippen MR) is 123 cm³/mol. The van der Waals surface area contributed by atoms with Crippen LogP contribution in [0.25, 0.3) is 5.76 Å². The second kappa shape index (κ2) is 10.6. The lowest BCUT2D eigenvalue weighted by molar-refractivity contribution is -0.140. The molecule has 1 saturated heterocycles. The lowest BCUT2D eigenvalue weighted by Crippen LogP contribution is -2.31. The summed E-state index contributed by atoms with van der Waals surface area (Å²) in [7, 11) is 1.56. The standard InChI is InChI=1S/C26H30FNO5/c1-16(2)15-33-21-11-8-19(14-17(21)3)24(29)22-23(18-6-9-20(27)10-7-18)28(12-5-13-32-4)26(31)25(22)30/h6-11,14,16,23,29H,5,12-13,15H2,1-4H3/b24-22+. The average Bonchev–Trinajstić information content (AvgIpc) is 3.03. The zero-order valence-corrected chi connectivity index (χ0v) is 19.4. The molecule has 1 amide bonds. The number of likely N-dealkylation sites (tertiary alicyclic amines) is 1. The molecular formula is C26H30FNO5. The van der Waals surface area contributed by atoms with Crippen LogP contribution in [0.3, 0.4) is 0 Å². The predicted octanol–water partition coefficient (Wildman–Crippen LogP) is 4.63. The Bertz CT molecular complexity index is 1050. The molecule has 1 fully saturated rings. The number of Topliss-reactive ketones (excluding diaryl/α,β-unsaturated/α-hetero) is 1. The Morgan fingerprint density at radius 3 is 2.45 bits per heavy atom. The highest BCUT2D eigenvalue weighted by atomic mass is 19.1. The number of hydrogen-bond donors (Lipinski definition) is 1. The van der Waals surface area contributed by atoms with Crippen LogP contribution in [-0.4, -0.2) is 48.6 Å². The maximum absolute atomic E-state index is 13.6. The fourth-order valence-corrected chi connectivity index (χ4v) is 3.85. The first-order valence-electron chi connectivity index (χ1n) is 11.0. The van der Waals surface area contributed by atoms with Crippen LogP contribution in [-0.2, 0) is 14.3 Å². The van der Waals surface area contributed by atoms with Gasteiger partial charge in [-0.1, -0.05) is 26.0 Å². The smallest absolute Gasteiger partial charge is 0.295 e. The number of carbonyl (C=O) groups excluding carboxylic acids is 2. The molecule has 3 rings (SSSR count). The third-order valence-corrected chi connectivity index (χ3v) is 5.49. The van der Waals surface area contributed by atoms with Crippen LogP contribution in [0.15, 0.2) is 48.0 Å². The zero-order valence-electron chi connectivity index (χ0n) is 19.4. The molecule has 33 heavy (non-hydrogen) atoms. The van der Waals surface area contributed by atoms with Gasteiger partial charge >= 0.3 is 0 Å². The van der Waals surface area contributed by atoms with Gasteiger partial charge in [0, 0.05) is 25.8 Å². The summed E-state index contributed by atoms with van der Waals surface area (Å²) in [5.74, 6) is -1.11. The molecule has 7 heteroatoms. The van der Waals surface area contributed by atoms with E-state index in [0.717, 1.165) is 5.56 Å². The highest BCUT2D eigenvalue weighted by molar-refractivity contribution is 6.46. The molecule has 6 nitrogen and oxygen atoms in total. The fraction of sp³-hybridized carbons (Fsp3) is 0.385. The van der Waals surface area contributed by atoms with E-state index in [1.165, 1.54) is 29.2 Å². The fourth-order valence-electron chi connectivity index (χ4n) is 3.85. The Morgan fingerprint density at radius 1 is 1.15 bits per heavy atom. The molecule has 1 heterocycles. The summed E-state index contributed by atoms with van der Waals surface area (Å²) in [6.07, 6.45) is 0.516. The molecule has 1 unspecified atom stereocenters. The van der Waals surface area contributed by atoms with Crippen molar-refractivity contribution in [3.8, 4) is 5.75 Å². The highest BCUT2D eigenvalue weighted by Gasteiger charge is 2.45. The van der Waals surface area contributed by atoms with Gasteiger partial charge in [0.1, 0.15) is 17.3 Å². The van der Waals surface area contributed by atoms with Gasteiger partial charge in [-0.25, -0.2) is 4.39 Å². The number of rotatable bonds is 9. The number of methoxy groups -OCH3 is 1. The van der Waals surface area contributed by atoms with Gasteiger partial charge in [0.25, 0.3) is 11.7 Å². The van der Waals surface area contributed by atoms with Gasteiger partial charge in [-0.2, -0.15) is 0 Å². The van der Waals surface area contributed by atoms with Crippen molar-refractivity contribution in [1.29, 1.82) is 0 Å². The van der Waals surface area contributed by atoms with Crippen molar-refractivity contribution in [3.05, 3.63) is 70.5 Å². The van der Waals surface area contributed by atoms with Crippen molar-refractivity contribution < 1.29 is 28.6 Å². The molecule has 0 radical (unpaired) electrons. The van der Waals surface area contributed by atoms with Crippen LogP contribution in [0, 0.1) is 18.7 Å². The van der Waals surface area contributed by atoms with Gasteiger partial charge in [0.05, 0.1) is 18.2 Å². The van der Waals surface area contributed by atoms with Crippen LogP contribution in [0.5, 0.6) is 5.75 Å². The normalized spacial score (nSPS) is 17.8. The van der Waals surface area contributed by atoms with Crippen LogP contribution in [0.2, 0.25) is 0 Å². The van der Waals surface area contributed by atoms with Crippen LogP contribution < -0.4 is 4.74 Å². The summed E-state index contributed by atoms with van der Waals surface area (Å²) in [5, 5.41) is 11.2. The number of hydrogen-bond acceptors (Lipinski definition) is 5. The van der Waals surface area contributed by atoms with Crippen molar-refractivity contribution in [3.63, 3.8) is 0 Å². The van der Waals surface area contributed by atoms with Crippen LogP contribution in [0.4, 0.5) is 4.39 Å². The number of amides is 1. The molecule has 0 aliphatic carbocycles. The van der Waals surface area contributed by atoms with E-state index in [4.69, 9.17) is 9.47 Å². The Labute approximate surface area is 193 Å². The average molecular weight is 456 g/mol. The number of ketones is 1. The maximum Gasteiger partial charge on any atom is 0.295 e. The Kier molecular flexibility index (Phi) is 7.87. The monoisotopic (exact) mass is 455 g/mol. The third kappa shape index (κ3) is 5.42. The molecular weight excluding hydrogens is 425 g/mol. The van der Waals surface area contributed by atoms with Crippen LogP contribution in [0.1, 0.15) is 43.0 Å². The van der Waals surface area contributed by atoms with E-state index < -0.39 is 23.5 Å². The van der Waals surface area contributed by atoms with Crippen molar-refractivity contribution in [2.75, 3.05) is 26.9 Å². The first-order chi connectivity index (χ1) is 15.7. The Balaban J connectivity index is 2.04. The quantitative estimate of drug-likeness (QED) is 0.258. The minimum Gasteiger partial charge on any atom is -0.507 e. The van der Waals surface area contributed by atoms with E-state index in [0.29, 0.717) is 42.4 Å². The number of ether oxygens (including phenoxy) is 2. The molecule has 2 aromatic rings. The molecule has 2 aromatic carbocycles. The number of aryl methyl sites for hydroxylation is 1. The van der Waals surface area contributed by atoms with E-state index in [-0.39, 0.29) is 17.9 Å². The minimum absolute atomic E-state index is 0.0146. The summed E-state index contributed by atoms with van der Waals surface area (Å²) in [4.78, 5) is 27.3. The van der Waals surface area contributed by atoms with Crippen molar-refractivity contribution in [2.45, 2.75) is 33.2 Å². The van der Waals surface area contributed by atoms with Gasteiger partial charge in [-0.15, -0.1) is 0 Å². The summed E-state index contributed by atoms with van der Waals surface area (Å²) < 4.78 is 24.4. The second-order valence-electron chi connectivity index (χ2n) is 8.58. The summed E-state index contributed by atoms with van der Waals surface area (Å²) in [6, 6.07) is 9.91. The summed E-state index contributed by atoms with van der Waals surface area (Å²) in [6.45, 7) is 7.19. The lowest BCUT2D eigenvalue weighted by Gasteiger charge is -2.25. The van der Waals surface area contributed by atoms with Crippen molar-refractivity contribution in [2.24, 2.45) is 5.92 Å². The number of aliphatic hydroxyl groups is 1. The molecule has 1 atom stereocenters. The van der Waals surface area contributed by atoms with Gasteiger partial charge in [0.2, 0.25) is 0 Å².